The highest BCUT2D eigenvalue weighted by molar-refractivity contribution is 5.50. The molecule has 0 aliphatic carbocycles. The van der Waals surface area contributed by atoms with Crippen molar-refractivity contribution in [2.75, 3.05) is 5.73 Å². The third-order valence-electron chi connectivity index (χ3n) is 2.97. The zero-order valence-corrected chi connectivity index (χ0v) is 13.0. The number of ether oxygens (including phenoxy) is 2. The zero-order chi connectivity index (χ0) is 15.4. The Kier molecular flexibility index (Phi) is 4.68. The lowest BCUT2D eigenvalue weighted by molar-refractivity contribution is 0.232. The lowest BCUT2D eigenvalue weighted by Crippen LogP contribution is -2.09. The third kappa shape index (κ3) is 3.88. The van der Waals surface area contributed by atoms with Gasteiger partial charge in [0.2, 0.25) is 11.8 Å². The fourth-order valence-corrected chi connectivity index (χ4v) is 1.97. The maximum Gasteiger partial charge on any atom is 0.240 e. The molecule has 112 valence electrons. The molecule has 2 aromatic rings. The highest BCUT2D eigenvalue weighted by Crippen LogP contribution is 2.31. The molecule has 0 aliphatic rings. The summed E-state index contributed by atoms with van der Waals surface area (Å²) in [4.78, 5) is 4.34. The number of hydrogen-bond acceptors (Lipinski definition) is 4. The van der Waals surface area contributed by atoms with Gasteiger partial charge in [-0.15, -0.1) is 0 Å². The van der Waals surface area contributed by atoms with E-state index in [1.54, 1.807) is 12.1 Å². The molecular formula is C17H22N2O2. The molecule has 0 saturated heterocycles. The summed E-state index contributed by atoms with van der Waals surface area (Å²) in [6.45, 7) is 8.13. The van der Waals surface area contributed by atoms with Crippen molar-refractivity contribution in [2.45, 2.75) is 39.7 Å². The fourth-order valence-electron chi connectivity index (χ4n) is 1.97. The minimum atomic E-state index is 0.0120. The molecule has 4 heteroatoms. The summed E-state index contributed by atoms with van der Waals surface area (Å²) < 4.78 is 11.5. The standard InChI is InChI=1S/C17H22N2O2/c1-11(2)13-7-5-6-8-15(13)21-16-10-9-14(18)17(19-16)20-12(3)4/h5-12H,18H2,1-4H3. The van der Waals surface area contributed by atoms with E-state index in [2.05, 4.69) is 24.9 Å². The van der Waals surface area contributed by atoms with Crippen LogP contribution in [0.25, 0.3) is 0 Å². The summed E-state index contributed by atoms with van der Waals surface area (Å²) in [5, 5.41) is 0. The van der Waals surface area contributed by atoms with Crippen molar-refractivity contribution in [3.63, 3.8) is 0 Å². The number of benzene rings is 1. The van der Waals surface area contributed by atoms with Gasteiger partial charge in [0.15, 0.2) is 0 Å². The fraction of sp³-hybridized carbons (Fsp3) is 0.353. The second kappa shape index (κ2) is 6.48. The number of rotatable bonds is 5. The van der Waals surface area contributed by atoms with Gasteiger partial charge in [-0.3, -0.25) is 0 Å². The van der Waals surface area contributed by atoms with Crippen LogP contribution >= 0.6 is 0 Å². The number of para-hydroxylation sites is 1. The Morgan fingerprint density at radius 2 is 1.71 bits per heavy atom. The molecule has 21 heavy (non-hydrogen) atoms. The molecule has 0 bridgehead atoms. The van der Waals surface area contributed by atoms with Gasteiger partial charge in [-0.25, -0.2) is 0 Å². The second-order valence-corrected chi connectivity index (χ2v) is 5.51. The highest BCUT2D eigenvalue weighted by atomic mass is 16.5. The van der Waals surface area contributed by atoms with E-state index in [4.69, 9.17) is 15.2 Å². The van der Waals surface area contributed by atoms with Gasteiger partial charge in [-0.1, -0.05) is 32.0 Å². The summed E-state index contributed by atoms with van der Waals surface area (Å²) >= 11 is 0. The first-order valence-corrected chi connectivity index (χ1v) is 7.17. The predicted molar refractivity (Wildman–Crippen MR) is 85.0 cm³/mol. The van der Waals surface area contributed by atoms with E-state index in [-0.39, 0.29) is 6.10 Å². The van der Waals surface area contributed by atoms with Gasteiger partial charge in [0.25, 0.3) is 0 Å². The maximum atomic E-state index is 5.90. The largest absolute Gasteiger partial charge is 0.473 e. The number of nitrogen functional groups attached to an aromatic ring is 1. The van der Waals surface area contributed by atoms with Crippen LogP contribution in [-0.4, -0.2) is 11.1 Å². The van der Waals surface area contributed by atoms with Crippen molar-refractivity contribution >= 4 is 5.69 Å². The van der Waals surface area contributed by atoms with Crippen molar-refractivity contribution in [1.82, 2.24) is 4.98 Å². The number of hydrogen-bond donors (Lipinski definition) is 1. The monoisotopic (exact) mass is 286 g/mol. The van der Waals surface area contributed by atoms with Crippen molar-refractivity contribution in [2.24, 2.45) is 0 Å². The van der Waals surface area contributed by atoms with Crippen molar-refractivity contribution in [3.8, 4) is 17.5 Å². The third-order valence-corrected chi connectivity index (χ3v) is 2.97. The molecule has 2 N–H and O–H groups in total. The summed E-state index contributed by atoms with van der Waals surface area (Å²) in [5.41, 5.74) is 7.51. The van der Waals surface area contributed by atoms with Gasteiger partial charge in [0, 0.05) is 6.07 Å². The lowest BCUT2D eigenvalue weighted by atomic mass is 10.0. The second-order valence-electron chi connectivity index (χ2n) is 5.51. The molecule has 2 rings (SSSR count). The lowest BCUT2D eigenvalue weighted by Gasteiger charge is -2.15. The summed E-state index contributed by atoms with van der Waals surface area (Å²) in [6, 6.07) is 11.5. The molecule has 0 unspecified atom stereocenters. The molecule has 4 nitrogen and oxygen atoms in total. The Bertz CT molecular complexity index is 609. The molecule has 0 radical (unpaired) electrons. The number of aromatic nitrogens is 1. The van der Waals surface area contributed by atoms with Crippen molar-refractivity contribution in [3.05, 3.63) is 42.0 Å². The van der Waals surface area contributed by atoms with E-state index in [0.717, 1.165) is 11.3 Å². The highest BCUT2D eigenvalue weighted by Gasteiger charge is 2.11. The van der Waals surface area contributed by atoms with Crippen LogP contribution in [0.15, 0.2) is 36.4 Å². The van der Waals surface area contributed by atoms with Crippen LogP contribution in [0, 0.1) is 0 Å². The van der Waals surface area contributed by atoms with Crippen LogP contribution in [0.1, 0.15) is 39.2 Å². The van der Waals surface area contributed by atoms with Crippen LogP contribution in [0.3, 0.4) is 0 Å². The van der Waals surface area contributed by atoms with E-state index < -0.39 is 0 Å². The molecule has 1 aromatic carbocycles. The Labute approximate surface area is 125 Å². The van der Waals surface area contributed by atoms with Crippen LogP contribution < -0.4 is 15.2 Å². The normalized spacial score (nSPS) is 11.0. The number of pyridine rings is 1. The molecule has 1 heterocycles. The molecule has 0 saturated carbocycles. The van der Waals surface area contributed by atoms with Crippen LogP contribution in [0.2, 0.25) is 0 Å². The van der Waals surface area contributed by atoms with Crippen molar-refractivity contribution in [1.29, 1.82) is 0 Å². The van der Waals surface area contributed by atoms with Gasteiger partial charge in [-0.2, -0.15) is 4.98 Å². The van der Waals surface area contributed by atoms with Crippen LogP contribution in [-0.2, 0) is 0 Å². The van der Waals surface area contributed by atoms with Crippen LogP contribution in [0.5, 0.6) is 17.5 Å². The Morgan fingerprint density at radius 1 is 1.00 bits per heavy atom. The summed E-state index contributed by atoms with van der Waals surface area (Å²) in [5.74, 6) is 2.07. The van der Waals surface area contributed by atoms with E-state index in [9.17, 15) is 0 Å². The Morgan fingerprint density at radius 3 is 2.38 bits per heavy atom. The van der Waals surface area contributed by atoms with Gasteiger partial charge in [-0.05, 0) is 37.5 Å². The molecule has 0 spiro atoms. The smallest absolute Gasteiger partial charge is 0.240 e. The van der Waals surface area contributed by atoms with Gasteiger partial charge >= 0.3 is 0 Å². The first-order valence-electron chi connectivity index (χ1n) is 7.17. The molecule has 0 atom stereocenters. The topological polar surface area (TPSA) is 57.4 Å². The molecule has 1 aromatic heterocycles. The quantitative estimate of drug-likeness (QED) is 0.886. The minimum absolute atomic E-state index is 0.0120. The number of nitrogens with zero attached hydrogens (tertiary/aromatic N) is 1. The van der Waals surface area contributed by atoms with Gasteiger partial charge in [0.05, 0.1) is 11.8 Å². The number of nitrogens with two attached hydrogens (primary N) is 1. The SMILES string of the molecule is CC(C)Oc1nc(Oc2ccccc2C(C)C)ccc1N. The molecule has 0 fully saturated rings. The Balaban J connectivity index is 2.28. The van der Waals surface area contributed by atoms with E-state index in [1.807, 2.05) is 32.0 Å². The van der Waals surface area contributed by atoms with Gasteiger partial charge in [0.1, 0.15) is 5.75 Å². The van der Waals surface area contributed by atoms with Gasteiger partial charge < -0.3 is 15.2 Å². The summed E-state index contributed by atoms with van der Waals surface area (Å²) in [7, 11) is 0. The molecule has 0 aliphatic heterocycles. The zero-order valence-electron chi connectivity index (χ0n) is 13.0. The molecule has 0 amide bonds. The number of anilines is 1. The van der Waals surface area contributed by atoms with Crippen molar-refractivity contribution < 1.29 is 9.47 Å². The van der Waals surface area contributed by atoms with E-state index >= 15 is 0 Å². The average Bonchev–Trinajstić information content (AvgIpc) is 2.42. The first-order chi connectivity index (χ1) is 9.97. The van der Waals surface area contributed by atoms with E-state index in [0.29, 0.717) is 23.4 Å². The van der Waals surface area contributed by atoms with Crippen LogP contribution in [0.4, 0.5) is 5.69 Å². The summed E-state index contributed by atoms with van der Waals surface area (Å²) in [6.07, 6.45) is 0.0120. The predicted octanol–water partition coefficient (Wildman–Crippen LogP) is 4.37. The minimum Gasteiger partial charge on any atom is -0.473 e. The van der Waals surface area contributed by atoms with E-state index in [1.165, 1.54) is 0 Å². The Hall–Kier alpha value is -2.23. The average molecular weight is 286 g/mol. The maximum absolute atomic E-state index is 5.90. The first kappa shape index (κ1) is 15.2. The molecular weight excluding hydrogens is 264 g/mol.